The highest BCUT2D eigenvalue weighted by molar-refractivity contribution is 5.47. The van der Waals surface area contributed by atoms with E-state index in [1.54, 1.807) is 4.68 Å². The topological polar surface area (TPSA) is 73.5 Å². The zero-order valence-electron chi connectivity index (χ0n) is 10.2. The lowest BCUT2D eigenvalue weighted by Crippen LogP contribution is -2.43. The van der Waals surface area contributed by atoms with Gasteiger partial charge in [0.25, 0.3) is 0 Å². The largest absolute Gasteiger partial charge is 0.312 e. The highest BCUT2D eigenvalue weighted by Gasteiger charge is 2.29. The summed E-state index contributed by atoms with van der Waals surface area (Å²) in [5, 5.41) is 16.1. The van der Waals surface area contributed by atoms with Crippen molar-refractivity contribution in [3.63, 3.8) is 0 Å². The second-order valence-electron chi connectivity index (χ2n) is 5.09. The number of nitrogens with one attached hydrogen (secondary N) is 1. The molecule has 0 aromatic carbocycles. The van der Waals surface area contributed by atoms with Crippen LogP contribution in [-0.2, 0) is 7.05 Å². The van der Waals surface area contributed by atoms with Gasteiger partial charge in [-0.25, -0.2) is 14.3 Å². The Kier molecular flexibility index (Phi) is 2.05. The third kappa shape index (κ3) is 1.54. The van der Waals surface area contributed by atoms with Crippen molar-refractivity contribution < 1.29 is 0 Å². The molecule has 18 heavy (non-hydrogen) atoms. The van der Waals surface area contributed by atoms with Crippen LogP contribution in [-0.4, -0.2) is 42.8 Å². The van der Waals surface area contributed by atoms with Gasteiger partial charge in [0.2, 0.25) is 0 Å². The molecule has 1 saturated carbocycles. The number of hydrogen-bond donors (Lipinski definition) is 1. The van der Waals surface area contributed by atoms with E-state index >= 15 is 0 Å². The fourth-order valence-electron chi connectivity index (χ4n) is 2.16. The molecule has 0 amide bonds. The third-order valence-electron chi connectivity index (χ3n) is 3.60. The van der Waals surface area contributed by atoms with Gasteiger partial charge < -0.3 is 5.32 Å². The van der Waals surface area contributed by atoms with Gasteiger partial charge in [0.15, 0.2) is 11.6 Å². The maximum atomic E-state index is 4.58. The van der Waals surface area contributed by atoms with Crippen molar-refractivity contribution in [1.82, 2.24) is 35.1 Å². The zero-order chi connectivity index (χ0) is 12.1. The Labute approximate surface area is 104 Å². The molecule has 7 nitrogen and oxygen atoms in total. The van der Waals surface area contributed by atoms with Crippen molar-refractivity contribution in [3.8, 4) is 11.5 Å². The highest BCUT2D eigenvalue weighted by Crippen LogP contribution is 2.38. The lowest BCUT2D eigenvalue weighted by Gasteiger charge is -2.26. The molecule has 3 heterocycles. The second kappa shape index (κ2) is 3.61. The van der Waals surface area contributed by atoms with Gasteiger partial charge in [0, 0.05) is 26.1 Å². The Morgan fingerprint density at radius 2 is 2.17 bits per heavy atom. The summed E-state index contributed by atoms with van der Waals surface area (Å²) in [7, 11) is 1.91. The van der Waals surface area contributed by atoms with E-state index in [4.69, 9.17) is 0 Å². The van der Waals surface area contributed by atoms with Gasteiger partial charge in [-0.3, -0.25) is 0 Å². The molecule has 0 unspecified atom stereocenters. The molecule has 2 aromatic rings. The molecule has 1 aliphatic heterocycles. The Hall–Kier alpha value is -1.76. The first kappa shape index (κ1) is 10.2. The van der Waals surface area contributed by atoms with Crippen LogP contribution in [0.1, 0.15) is 30.6 Å². The molecule has 2 fully saturated rings. The fourth-order valence-corrected chi connectivity index (χ4v) is 2.16. The van der Waals surface area contributed by atoms with Crippen LogP contribution in [0.4, 0.5) is 0 Å². The van der Waals surface area contributed by atoms with E-state index in [0.29, 0.717) is 12.0 Å². The average Bonchev–Trinajstić information content (AvgIpc) is 2.91. The molecule has 0 radical (unpaired) electrons. The second-order valence-corrected chi connectivity index (χ2v) is 5.09. The van der Waals surface area contributed by atoms with E-state index in [9.17, 15) is 0 Å². The van der Waals surface area contributed by atoms with Crippen molar-refractivity contribution >= 4 is 0 Å². The van der Waals surface area contributed by atoms with Crippen LogP contribution in [0.5, 0.6) is 0 Å². The molecular formula is C11H15N7. The summed E-state index contributed by atoms with van der Waals surface area (Å²) in [5.41, 5.74) is 0.809. The van der Waals surface area contributed by atoms with E-state index in [1.807, 2.05) is 17.9 Å². The van der Waals surface area contributed by atoms with Crippen LogP contribution in [0.3, 0.4) is 0 Å². The van der Waals surface area contributed by atoms with Crippen molar-refractivity contribution in [1.29, 1.82) is 0 Å². The van der Waals surface area contributed by atoms with E-state index in [0.717, 1.165) is 30.4 Å². The van der Waals surface area contributed by atoms with Crippen LogP contribution in [0.2, 0.25) is 0 Å². The monoisotopic (exact) mass is 245 g/mol. The molecule has 1 aliphatic carbocycles. The van der Waals surface area contributed by atoms with Gasteiger partial charge in [0.05, 0.1) is 12.2 Å². The van der Waals surface area contributed by atoms with Gasteiger partial charge >= 0.3 is 0 Å². The summed E-state index contributed by atoms with van der Waals surface area (Å²) < 4.78 is 3.72. The van der Waals surface area contributed by atoms with Crippen LogP contribution in [0, 0.1) is 0 Å². The van der Waals surface area contributed by atoms with Crippen molar-refractivity contribution in [2.24, 2.45) is 7.05 Å². The maximum absolute atomic E-state index is 4.58. The van der Waals surface area contributed by atoms with Gasteiger partial charge in [-0.2, -0.15) is 5.10 Å². The lowest BCUT2D eigenvalue weighted by molar-refractivity contribution is 0.313. The number of rotatable bonds is 3. The SMILES string of the molecule is Cn1nc(C2CC2)nc1-c1cn(C2CNC2)nn1. The molecule has 1 N–H and O–H groups in total. The molecule has 2 aliphatic rings. The van der Waals surface area contributed by atoms with Gasteiger partial charge in [-0.1, -0.05) is 5.21 Å². The van der Waals surface area contributed by atoms with Crippen molar-refractivity contribution in [2.45, 2.75) is 24.8 Å². The number of aromatic nitrogens is 6. The molecular weight excluding hydrogens is 230 g/mol. The minimum absolute atomic E-state index is 0.433. The first-order valence-corrected chi connectivity index (χ1v) is 6.35. The molecule has 1 saturated heterocycles. The molecule has 94 valence electrons. The average molecular weight is 245 g/mol. The van der Waals surface area contributed by atoms with Crippen LogP contribution < -0.4 is 5.32 Å². The van der Waals surface area contributed by atoms with Crippen LogP contribution in [0.25, 0.3) is 11.5 Å². The summed E-state index contributed by atoms with van der Waals surface area (Å²) >= 11 is 0. The molecule has 7 heteroatoms. The zero-order valence-corrected chi connectivity index (χ0v) is 10.2. The summed E-state index contributed by atoms with van der Waals surface area (Å²) in [5.74, 6) is 2.33. The normalized spacial score (nSPS) is 20.1. The molecule has 0 spiro atoms. The fraction of sp³-hybridized carbons (Fsp3) is 0.636. The maximum Gasteiger partial charge on any atom is 0.180 e. The lowest BCUT2D eigenvalue weighted by atomic mass is 10.2. The number of aryl methyl sites for hydroxylation is 1. The molecule has 4 rings (SSSR count). The minimum Gasteiger partial charge on any atom is -0.312 e. The summed E-state index contributed by atoms with van der Waals surface area (Å²) in [4.78, 5) is 4.58. The van der Waals surface area contributed by atoms with Gasteiger partial charge in [-0.15, -0.1) is 5.10 Å². The molecule has 2 aromatic heterocycles. The summed E-state index contributed by atoms with van der Waals surface area (Å²) in [6, 6.07) is 0.433. The van der Waals surface area contributed by atoms with E-state index < -0.39 is 0 Å². The highest BCUT2D eigenvalue weighted by atomic mass is 15.5. The number of hydrogen-bond acceptors (Lipinski definition) is 5. The Bertz CT molecular complexity index is 576. The quantitative estimate of drug-likeness (QED) is 0.830. The van der Waals surface area contributed by atoms with E-state index in [1.165, 1.54) is 12.8 Å². The van der Waals surface area contributed by atoms with E-state index in [2.05, 4.69) is 25.7 Å². The van der Waals surface area contributed by atoms with E-state index in [-0.39, 0.29) is 0 Å². The van der Waals surface area contributed by atoms with Gasteiger partial charge in [0.1, 0.15) is 5.69 Å². The summed E-state index contributed by atoms with van der Waals surface area (Å²) in [6.45, 7) is 1.93. The standard InChI is InChI=1S/C11H15N7/c1-17-11(13-10(15-17)7-2-3-7)9-6-18(16-14-9)8-4-12-5-8/h6-8,12H,2-5H2,1H3. The Balaban J connectivity index is 1.66. The smallest absolute Gasteiger partial charge is 0.180 e. The van der Waals surface area contributed by atoms with Crippen LogP contribution >= 0.6 is 0 Å². The number of nitrogens with zero attached hydrogens (tertiary/aromatic N) is 6. The van der Waals surface area contributed by atoms with Gasteiger partial charge in [-0.05, 0) is 12.8 Å². The van der Waals surface area contributed by atoms with Crippen molar-refractivity contribution in [3.05, 3.63) is 12.0 Å². The summed E-state index contributed by atoms with van der Waals surface area (Å²) in [6.07, 6.45) is 4.39. The minimum atomic E-state index is 0.433. The molecule has 0 bridgehead atoms. The predicted molar refractivity (Wildman–Crippen MR) is 63.9 cm³/mol. The Morgan fingerprint density at radius 1 is 1.33 bits per heavy atom. The third-order valence-corrected chi connectivity index (χ3v) is 3.60. The van der Waals surface area contributed by atoms with Crippen LogP contribution in [0.15, 0.2) is 6.20 Å². The Morgan fingerprint density at radius 3 is 2.83 bits per heavy atom. The molecule has 0 atom stereocenters. The van der Waals surface area contributed by atoms with Crippen molar-refractivity contribution in [2.75, 3.05) is 13.1 Å². The first-order valence-electron chi connectivity index (χ1n) is 6.35. The first-order chi connectivity index (χ1) is 8.81. The predicted octanol–water partition coefficient (Wildman–Crippen LogP) is 0.0953.